The Morgan fingerprint density at radius 2 is 1.97 bits per heavy atom. The van der Waals surface area contributed by atoms with Gasteiger partial charge in [-0.2, -0.15) is 0 Å². The molecule has 2 aromatic heterocycles. The first kappa shape index (κ1) is 22.1. The molecule has 0 atom stereocenters. The van der Waals surface area contributed by atoms with Crippen molar-refractivity contribution in [3.63, 3.8) is 0 Å². The van der Waals surface area contributed by atoms with Crippen molar-refractivity contribution in [2.45, 2.75) is 31.4 Å². The number of methoxy groups -OCH3 is 1. The van der Waals surface area contributed by atoms with Crippen LogP contribution in [0, 0.1) is 20.8 Å². The highest BCUT2D eigenvalue weighted by Gasteiger charge is 2.20. The fraction of sp³-hybridized carbons (Fsp3) is 0.208. The number of aromatic nitrogens is 2. The van der Waals surface area contributed by atoms with Crippen LogP contribution < -0.4 is 15.6 Å². The van der Waals surface area contributed by atoms with E-state index in [1.807, 2.05) is 12.1 Å². The van der Waals surface area contributed by atoms with Gasteiger partial charge in [0, 0.05) is 4.90 Å². The molecular weight excluding hydrogens is 442 g/mol. The molecule has 2 N–H and O–H groups in total. The molecule has 8 heteroatoms. The van der Waals surface area contributed by atoms with Crippen molar-refractivity contribution in [2.24, 2.45) is 0 Å². The average Bonchev–Trinajstić information content (AvgIpc) is 3.11. The summed E-state index contributed by atoms with van der Waals surface area (Å²) in [6.07, 6.45) is 0. The molecule has 4 rings (SSSR count). The quantitative estimate of drug-likeness (QED) is 0.369. The third kappa shape index (κ3) is 4.42. The summed E-state index contributed by atoms with van der Waals surface area (Å²) in [5, 5.41) is 3.33. The Hall–Kier alpha value is -3.10. The van der Waals surface area contributed by atoms with Crippen molar-refractivity contribution in [3.05, 3.63) is 80.2 Å². The van der Waals surface area contributed by atoms with Crippen LogP contribution in [0.3, 0.4) is 0 Å². The second kappa shape index (κ2) is 9.18. The van der Waals surface area contributed by atoms with E-state index in [1.54, 1.807) is 37.9 Å². The third-order valence-electron chi connectivity index (χ3n) is 5.12. The van der Waals surface area contributed by atoms with Gasteiger partial charge < -0.3 is 15.0 Å². The number of hydrogen-bond acceptors (Lipinski definition) is 6. The van der Waals surface area contributed by atoms with Crippen LogP contribution in [-0.4, -0.2) is 23.0 Å². The molecule has 4 aromatic rings. The van der Waals surface area contributed by atoms with Gasteiger partial charge in [-0.3, -0.25) is 9.59 Å². The molecule has 2 heterocycles. The zero-order valence-electron chi connectivity index (χ0n) is 18.2. The summed E-state index contributed by atoms with van der Waals surface area (Å²) in [6, 6.07) is 13.5. The predicted octanol–water partition coefficient (Wildman–Crippen LogP) is 5.46. The molecule has 0 aliphatic rings. The van der Waals surface area contributed by atoms with Gasteiger partial charge in [-0.05, 0) is 50.1 Å². The van der Waals surface area contributed by atoms with Gasteiger partial charge >= 0.3 is 0 Å². The number of benzene rings is 2. The zero-order valence-corrected chi connectivity index (χ0v) is 19.9. The van der Waals surface area contributed by atoms with Gasteiger partial charge in [0.2, 0.25) is 0 Å². The number of carbonyl (C=O) groups is 1. The van der Waals surface area contributed by atoms with Crippen LogP contribution in [0.5, 0.6) is 5.75 Å². The molecule has 0 spiro atoms. The molecule has 0 fully saturated rings. The number of amides is 1. The minimum atomic E-state index is -0.291. The van der Waals surface area contributed by atoms with Crippen LogP contribution in [0.2, 0.25) is 0 Å². The largest absolute Gasteiger partial charge is 0.495 e. The number of ether oxygens (including phenoxy) is 1. The molecule has 1 amide bonds. The number of rotatable bonds is 6. The van der Waals surface area contributed by atoms with E-state index in [2.05, 4.69) is 47.3 Å². The Kier molecular flexibility index (Phi) is 6.34. The van der Waals surface area contributed by atoms with Gasteiger partial charge in [-0.15, -0.1) is 23.1 Å². The molecule has 32 heavy (non-hydrogen) atoms. The van der Waals surface area contributed by atoms with Gasteiger partial charge in [-0.25, -0.2) is 4.98 Å². The lowest BCUT2D eigenvalue weighted by Crippen LogP contribution is -2.13. The molecule has 0 saturated carbocycles. The normalized spacial score (nSPS) is 11.0. The molecule has 0 unspecified atom stereocenters. The van der Waals surface area contributed by atoms with E-state index in [0.717, 1.165) is 4.90 Å². The van der Waals surface area contributed by atoms with E-state index in [0.29, 0.717) is 43.7 Å². The molecule has 164 valence electrons. The molecule has 0 saturated heterocycles. The maximum Gasteiger partial charge on any atom is 0.266 e. The summed E-state index contributed by atoms with van der Waals surface area (Å²) < 4.78 is 5.30. The van der Waals surface area contributed by atoms with E-state index < -0.39 is 0 Å². The molecular formula is C24H23N3O3S2. The number of H-pyrrole nitrogens is 1. The SMILES string of the molecule is COc1ccccc1NC(=O)c1sc2nc(CSc3cc(C)ccc3C)[nH]c(=O)c2c1C. The third-order valence-corrected chi connectivity index (χ3v) is 7.47. The van der Waals surface area contributed by atoms with E-state index in [1.165, 1.54) is 22.5 Å². The fourth-order valence-corrected chi connectivity index (χ4v) is 5.50. The number of thioether (sulfide) groups is 1. The van der Waals surface area contributed by atoms with Gasteiger partial charge in [0.25, 0.3) is 11.5 Å². The Bertz CT molecular complexity index is 1370. The summed E-state index contributed by atoms with van der Waals surface area (Å²) >= 11 is 2.86. The van der Waals surface area contributed by atoms with Gasteiger partial charge in [0.05, 0.1) is 28.8 Å². The van der Waals surface area contributed by atoms with E-state index >= 15 is 0 Å². The lowest BCUT2D eigenvalue weighted by atomic mass is 10.2. The van der Waals surface area contributed by atoms with Crippen LogP contribution in [0.15, 0.2) is 52.2 Å². The number of nitrogens with one attached hydrogen (secondary N) is 2. The monoisotopic (exact) mass is 465 g/mol. The highest BCUT2D eigenvalue weighted by molar-refractivity contribution is 7.98. The highest BCUT2D eigenvalue weighted by atomic mass is 32.2. The number of aromatic amines is 1. The number of thiophene rings is 1. The predicted molar refractivity (Wildman–Crippen MR) is 131 cm³/mol. The number of aryl methyl sites for hydroxylation is 3. The minimum absolute atomic E-state index is 0.225. The Labute approximate surface area is 194 Å². The average molecular weight is 466 g/mol. The van der Waals surface area contributed by atoms with Crippen LogP contribution >= 0.6 is 23.1 Å². The number of hydrogen-bond donors (Lipinski definition) is 2. The standard InChI is InChI=1S/C24H23N3O3S2/c1-13-9-10-14(2)18(11-13)31-12-19-26-22(28)20-15(3)21(32-24(20)27-19)23(29)25-16-7-5-6-8-17(16)30-4/h5-11H,12H2,1-4H3,(H,25,29)(H,26,27,28). The molecule has 6 nitrogen and oxygen atoms in total. The lowest BCUT2D eigenvalue weighted by Gasteiger charge is -2.09. The summed E-state index contributed by atoms with van der Waals surface area (Å²) in [6.45, 7) is 5.90. The molecule has 2 aromatic carbocycles. The Balaban J connectivity index is 1.62. The van der Waals surface area contributed by atoms with Crippen LogP contribution in [0.4, 0.5) is 5.69 Å². The molecule has 0 radical (unpaired) electrons. The van der Waals surface area contributed by atoms with E-state index in [9.17, 15) is 9.59 Å². The van der Waals surface area contributed by atoms with Crippen LogP contribution in [0.1, 0.15) is 32.2 Å². The second-order valence-electron chi connectivity index (χ2n) is 7.46. The van der Waals surface area contributed by atoms with Gasteiger partial charge in [-0.1, -0.05) is 29.8 Å². The number of fused-ring (bicyclic) bond motifs is 1. The first-order chi connectivity index (χ1) is 15.4. The summed E-state index contributed by atoms with van der Waals surface area (Å²) in [4.78, 5) is 35.5. The smallest absolute Gasteiger partial charge is 0.266 e. The van der Waals surface area contributed by atoms with Crippen LogP contribution in [-0.2, 0) is 5.75 Å². The number of nitrogens with zero attached hydrogens (tertiary/aromatic N) is 1. The summed E-state index contributed by atoms with van der Waals surface area (Å²) in [7, 11) is 1.55. The molecule has 0 aliphatic carbocycles. The van der Waals surface area contributed by atoms with E-state index in [-0.39, 0.29) is 11.5 Å². The van der Waals surface area contributed by atoms with Crippen molar-refractivity contribution in [3.8, 4) is 5.75 Å². The van der Waals surface area contributed by atoms with E-state index in [4.69, 9.17) is 4.74 Å². The van der Waals surface area contributed by atoms with Crippen molar-refractivity contribution in [1.29, 1.82) is 0 Å². The summed E-state index contributed by atoms with van der Waals surface area (Å²) in [5.74, 6) is 1.41. The number of para-hydroxylation sites is 2. The lowest BCUT2D eigenvalue weighted by molar-refractivity contribution is 0.102. The van der Waals surface area contributed by atoms with Crippen molar-refractivity contribution in [1.82, 2.24) is 9.97 Å². The molecule has 0 bridgehead atoms. The zero-order chi connectivity index (χ0) is 22.8. The highest BCUT2D eigenvalue weighted by Crippen LogP contribution is 2.31. The van der Waals surface area contributed by atoms with Crippen molar-refractivity contribution < 1.29 is 9.53 Å². The topological polar surface area (TPSA) is 84.1 Å². The maximum absolute atomic E-state index is 12.9. The Morgan fingerprint density at radius 1 is 1.19 bits per heavy atom. The first-order valence-corrected chi connectivity index (χ1v) is 11.8. The fourth-order valence-electron chi connectivity index (χ4n) is 3.41. The summed E-state index contributed by atoms with van der Waals surface area (Å²) in [5.41, 5.74) is 3.35. The number of carbonyl (C=O) groups excluding carboxylic acids is 1. The number of anilines is 1. The van der Waals surface area contributed by atoms with Crippen LogP contribution in [0.25, 0.3) is 10.2 Å². The second-order valence-corrected chi connectivity index (χ2v) is 9.48. The minimum Gasteiger partial charge on any atom is -0.495 e. The maximum atomic E-state index is 12.9. The van der Waals surface area contributed by atoms with Crippen molar-refractivity contribution >= 4 is 44.9 Å². The Morgan fingerprint density at radius 3 is 2.75 bits per heavy atom. The first-order valence-electron chi connectivity index (χ1n) is 10.0. The molecule has 0 aliphatic heterocycles. The van der Waals surface area contributed by atoms with Crippen molar-refractivity contribution in [2.75, 3.05) is 12.4 Å². The van der Waals surface area contributed by atoms with Gasteiger partial charge in [0.1, 0.15) is 16.4 Å². The van der Waals surface area contributed by atoms with Gasteiger partial charge in [0.15, 0.2) is 0 Å².